The number of nitrogens with zero attached hydrogens (tertiary/aromatic N) is 3. The Morgan fingerprint density at radius 1 is 0.850 bits per heavy atom. The van der Waals surface area contributed by atoms with Gasteiger partial charge in [-0.2, -0.15) is 0 Å². The van der Waals surface area contributed by atoms with Gasteiger partial charge in [0.2, 0.25) is 0 Å². The van der Waals surface area contributed by atoms with E-state index in [2.05, 4.69) is 15.0 Å². The lowest BCUT2D eigenvalue weighted by Crippen LogP contribution is -1.92. The van der Waals surface area contributed by atoms with Gasteiger partial charge in [0.15, 0.2) is 5.82 Å². The van der Waals surface area contributed by atoms with Crippen LogP contribution in [0.4, 0.5) is 5.69 Å². The fraction of sp³-hybridized carbons (Fsp3) is 0.0625. The predicted molar refractivity (Wildman–Crippen MR) is 80.9 cm³/mol. The van der Waals surface area contributed by atoms with Crippen molar-refractivity contribution < 1.29 is 0 Å². The van der Waals surface area contributed by atoms with Gasteiger partial charge in [0, 0.05) is 36.0 Å². The van der Waals surface area contributed by atoms with Crippen LogP contribution >= 0.6 is 0 Å². The van der Waals surface area contributed by atoms with Crippen LogP contribution in [0.25, 0.3) is 11.4 Å². The van der Waals surface area contributed by atoms with Crippen molar-refractivity contribution in [2.45, 2.75) is 6.92 Å². The Morgan fingerprint density at radius 2 is 1.55 bits per heavy atom. The first-order chi connectivity index (χ1) is 9.77. The number of benzene rings is 1. The van der Waals surface area contributed by atoms with Crippen molar-refractivity contribution in [3.05, 3.63) is 72.8 Å². The van der Waals surface area contributed by atoms with Crippen molar-refractivity contribution in [3.8, 4) is 11.4 Å². The van der Waals surface area contributed by atoms with Crippen molar-refractivity contribution in [1.82, 2.24) is 15.0 Å². The van der Waals surface area contributed by atoms with E-state index in [4.69, 9.17) is 5.73 Å². The topological polar surface area (TPSA) is 64.7 Å². The van der Waals surface area contributed by atoms with Crippen molar-refractivity contribution in [1.29, 1.82) is 0 Å². The minimum absolute atomic E-state index is 0.720. The normalized spacial score (nSPS) is 9.45. The van der Waals surface area contributed by atoms with Gasteiger partial charge in [0.25, 0.3) is 0 Å². The smallest absolute Gasteiger partial charge is 0.159 e. The average molecular weight is 264 g/mol. The highest BCUT2D eigenvalue weighted by Gasteiger charge is 2.03. The minimum Gasteiger partial charge on any atom is -0.399 e. The number of nitrogens with two attached hydrogens (primary N) is 1. The van der Waals surface area contributed by atoms with E-state index in [0.717, 1.165) is 22.6 Å². The lowest BCUT2D eigenvalue weighted by atomic mass is 10.1. The number of nitrogen functional groups attached to an aromatic ring is 1. The largest absolute Gasteiger partial charge is 0.399 e. The Hall–Kier alpha value is -2.75. The van der Waals surface area contributed by atoms with E-state index < -0.39 is 0 Å². The molecular formula is C16H16N4. The summed E-state index contributed by atoms with van der Waals surface area (Å²) < 4.78 is 0. The summed E-state index contributed by atoms with van der Waals surface area (Å²) >= 11 is 0. The molecule has 0 aliphatic heterocycles. The van der Waals surface area contributed by atoms with E-state index in [1.807, 2.05) is 43.3 Å². The van der Waals surface area contributed by atoms with E-state index in [1.54, 1.807) is 30.9 Å². The number of aromatic nitrogens is 3. The number of anilines is 1. The predicted octanol–water partition coefficient (Wildman–Crippen LogP) is 3.12. The maximum atomic E-state index is 5.71. The molecule has 1 aromatic carbocycles. The van der Waals surface area contributed by atoms with Gasteiger partial charge >= 0.3 is 0 Å². The van der Waals surface area contributed by atoms with Crippen molar-refractivity contribution in [3.63, 3.8) is 0 Å². The Labute approximate surface area is 118 Å². The van der Waals surface area contributed by atoms with Crippen LogP contribution in [-0.4, -0.2) is 15.0 Å². The van der Waals surface area contributed by atoms with Crippen LogP contribution in [0.5, 0.6) is 0 Å². The lowest BCUT2D eigenvalue weighted by Gasteiger charge is -2.04. The molecule has 0 bridgehead atoms. The van der Waals surface area contributed by atoms with Gasteiger partial charge in [0.05, 0.1) is 0 Å². The molecule has 2 N–H and O–H groups in total. The molecule has 0 aliphatic carbocycles. The second-order valence-electron chi connectivity index (χ2n) is 4.17. The standard InChI is InChI=1S/C11H11N3.C5H5N/c1-8-3-4-9(12)7-10(8)11-13-5-2-6-14-11;1-2-4-6-5-3-1/h2-7H,12H2,1H3;1-5H. The molecule has 4 heteroatoms. The third-order valence-corrected chi connectivity index (χ3v) is 2.63. The number of hydrogen-bond donors (Lipinski definition) is 1. The third kappa shape index (κ3) is 3.88. The first-order valence-corrected chi connectivity index (χ1v) is 6.26. The molecule has 3 aromatic rings. The Bertz CT molecular complexity index is 612. The van der Waals surface area contributed by atoms with E-state index in [9.17, 15) is 0 Å². The van der Waals surface area contributed by atoms with Gasteiger partial charge in [0.1, 0.15) is 0 Å². The first-order valence-electron chi connectivity index (χ1n) is 6.26. The van der Waals surface area contributed by atoms with Gasteiger partial charge in [-0.25, -0.2) is 9.97 Å². The number of rotatable bonds is 1. The van der Waals surface area contributed by atoms with Crippen LogP contribution in [0, 0.1) is 6.92 Å². The average Bonchev–Trinajstić information content (AvgIpc) is 2.53. The number of pyridine rings is 1. The summed E-state index contributed by atoms with van der Waals surface area (Å²) in [6.07, 6.45) is 6.95. The Kier molecular flexibility index (Phi) is 4.78. The van der Waals surface area contributed by atoms with Crippen LogP contribution in [-0.2, 0) is 0 Å². The summed E-state index contributed by atoms with van der Waals surface area (Å²) in [5.41, 5.74) is 8.56. The van der Waals surface area contributed by atoms with E-state index in [-0.39, 0.29) is 0 Å². The minimum atomic E-state index is 0.720. The summed E-state index contributed by atoms with van der Waals surface area (Å²) in [5.74, 6) is 0.720. The summed E-state index contributed by atoms with van der Waals surface area (Å²) in [6.45, 7) is 2.02. The molecule has 0 fully saturated rings. The van der Waals surface area contributed by atoms with Crippen LogP contribution in [0.2, 0.25) is 0 Å². The highest BCUT2D eigenvalue weighted by atomic mass is 14.9. The lowest BCUT2D eigenvalue weighted by molar-refractivity contribution is 1.17. The van der Waals surface area contributed by atoms with Gasteiger partial charge in [-0.15, -0.1) is 0 Å². The number of hydrogen-bond acceptors (Lipinski definition) is 4. The fourth-order valence-electron chi connectivity index (χ4n) is 1.63. The van der Waals surface area contributed by atoms with Crippen molar-refractivity contribution >= 4 is 5.69 Å². The molecule has 0 spiro atoms. The van der Waals surface area contributed by atoms with Gasteiger partial charge < -0.3 is 5.73 Å². The molecule has 0 amide bonds. The monoisotopic (exact) mass is 264 g/mol. The molecule has 0 atom stereocenters. The summed E-state index contributed by atoms with van der Waals surface area (Å²) in [6, 6.07) is 13.3. The molecule has 2 heterocycles. The first kappa shape index (κ1) is 13.7. The Balaban J connectivity index is 0.000000205. The maximum absolute atomic E-state index is 5.71. The summed E-state index contributed by atoms with van der Waals surface area (Å²) in [7, 11) is 0. The Morgan fingerprint density at radius 3 is 2.10 bits per heavy atom. The molecule has 20 heavy (non-hydrogen) atoms. The van der Waals surface area contributed by atoms with Gasteiger partial charge in [-0.1, -0.05) is 12.1 Å². The molecule has 100 valence electrons. The van der Waals surface area contributed by atoms with Crippen molar-refractivity contribution in [2.24, 2.45) is 0 Å². The zero-order chi connectivity index (χ0) is 14.2. The van der Waals surface area contributed by atoms with Crippen LogP contribution in [0.1, 0.15) is 5.56 Å². The second-order valence-corrected chi connectivity index (χ2v) is 4.17. The quantitative estimate of drug-likeness (QED) is 0.686. The molecule has 0 aliphatic rings. The highest BCUT2D eigenvalue weighted by molar-refractivity contribution is 5.64. The van der Waals surface area contributed by atoms with E-state index in [1.165, 1.54) is 0 Å². The van der Waals surface area contributed by atoms with Crippen LogP contribution < -0.4 is 5.73 Å². The molecule has 4 nitrogen and oxygen atoms in total. The van der Waals surface area contributed by atoms with Gasteiger partial charge in [-0.05, 0) is 42.8 Å². The molecule has 0 saturated heterocycles. The van der Waals surface area contributed by atoms with E-state index >= 15 is 0 Å². The van der Waals surface area contributed by atoms with Crippen LogP contribution in [0.15, 0.2) is 67.3 Å². The third-order valence-electron chi connectivity index (χ3n) is 2.63. The fourth-order valence-corrected chi connectivity index (χ4v) is 1.63. The molecule has 2 aromatic heterocycles. The molecule has 0 radical (unpaired) electrons. The molecule has 0 saturated carbocycles. The number of aryl methyl sites for hydroxylation is 1. The van der Waals surface area contributed by atoms with Crippen LogP contribution in [0.3, 0.4) is 0 Å². The summed E-state index contributed by atoms with van der Waals surface area (Å²) in [5, 5.41) is 0. The zero-order valence-corrected chi connectivity index (χ0v) is 11.3. The van der Waals surface area contributed by atoms with Crippen molar-refractivity contribution in [2.75, 3.05) is 5.73 Å². The summed E-state index contributed by atoms with van der Waals surface area (Å²) in [4.78, 5) is 12.2. The molecule has 3 rings (SSSR count). The maximum Gasteiger partial charge on any atom is 0.159 e. The highest BCUT2D eigenvalue weighted by Crippen LogP contribution is 2.21. The molecule has 0 unspecified atom stereocenters. The second kappa shape index (κ2) is 6.99. The van der Waals surface area contributed by atoms with Gasteiger partial charge in [-0.3, -0.25) is 4.98 Å². The molecular weight excluding hydrogens is 248 g/mol. The van der Waals surface area contributed by atoms with E-state index in [0.29, 0.717) is 0 Å². The zero-order valence-electron chi connectivity index (χ0n) is 11.3. The SMILES string of the molecule is Cc1ccc(N)cc1-c1ncccn1.c1ccncc1.